The fourth-order valence-corrected chi connectivity index (χ4v) is 5.91. The summed E-state index contributed by atoms with van der Waals surface area (Å²) in [5.41, 5.74) is 5.73. The molecule has 0 unspecified atom stereocenters. The molecule has 1 aliphatic heterocycles. The van der Waals surface area contributed by atoms with E-state index in [1.807, 2.05) is 30.7 Å². The third kappa shape index (κ3) is 6.76. The van der Waals surface area contributed by atoms with Crippen LogP contribution in [0.4, 0.5) is 11.4 Å². The van der Waals surface area contributed by atoms with Gasteiger partial charge in [-0.25, -0.2) is 0 Å². The number of anilines is 2. The van der Waals surface area contributed by atoms with Gasteiger partial charge in [-0.1, -0.05) is 13.8 Å². The van der Waals surface area contributed by atoms with Gasteiger partial charge in [0.15, 0.2) is 0 Å². The van der Waals surface area contributed by atoms with Crippen LogP contribution in [0.3, 0.4) is 0 Å². The highest BCUT2D eigenvalue weighted by Gasteiger charge is 2.29. The summed E-state index contributed by atoms with van der Waals surface area (Å²) in [6.07, 6.45) is 8.03. The van der Waals surface area contributed by atoms with Crippen molar-refractivity contribution in [3.8, 4) is 5.75 Å². The van der Waals surface area contributed by atoms with Crippen LogP contribution in [0, 0.1) is 12.3 Å². The second-order valence-corrected chi connectivity index (χ2v) is 12.0. The Morgan fingerprint density at radius 3 is 2.76 bits per heavy atom. The van der Waals surface area contributed by atoms with Gasteiger partial charge in [0.1, 0.15) is 11.3 Å². The van der Waals surface area contributed by atoms with E-state index in [9.17, 15) is 4.79 Å². The third-order valence-electron chi connectivity index (χ3n) is 8.04. The number of pyridine rings is 2. The van der Waals surface area contributed by atoms with Gasteiger partial charge in [0.25, 0.3) is 5.56 Å². The summed E-state index contributed by atoms with van der Waals surface area (Å²) < 4.78 is 13.4. The van der Waals surface area contributed by atoms with Crippen molar-refractivity contribution in [3.05, 3.63) is 82.7 Å². The number of aromatic nitrogens is 2. The molecule has 1 aliphatic rings. The predicted molar refractivity (Wildman–Crippen MR) is 166 cm³/mol. The number of hydrogen-bond acceptors (Lipinski definition) is 7. The van der Waals surface area contributed by atoms with Crippen molar-refractivity contribution in [2.75, 3.05) is 56.2 Å². The number of nitrogens with zero attached hydrogens (tertiary/aromatic N) is 5. The number of hydrogen-bond donors (Lipinski definition) is 0. The highest BCUT2D eigenvalue weighted by atomic mass is 16.5. The second kappa shape index (κ2) is 12.4. The highest BCUT2D eigenvalue weighted by molar-refractivity contribution is 5.75. The summed E-state index contributed by atoms with van der Waals surface area (Å²) in [7, 11) is 2.18. The van der Waals surface area contributed by atoms with Crippen molar-refractivity contribution in [3.63, 3.8) is 0 Å². The smallest absolute Gasteiger partial charge is 0.261 e. The maximum Gasteiger partial charge on any atom is 0.261 e. The minimum Gasteiger partial charge on any atom is -0.493 e. The van der Waals surface area contributed by atoms with E-state index in [4.69, 9.17) is 9.15 Å². The molecule has 0 atom stereocenters. The van der Waals surface area contributed by atoms with E-state index in [1.165, 1.54) is 22.5 Å². The normalized spacial score (nSPS) is 14.9. The van der Waals surface area contributed by atoms with Crippen molar-refractivity contribution in [2.24, 2.45) is 5.41 Å². The lowest BCUT2D eigenvalue weighted by molar-refractivity contribution is 0.220. The molecule has 0 saturated heterocycles. The van der Waals surface area contributed by atoms with E-state index in [2.05, 4.69) is 72.6 Å². The first-order valence-corrected chi connectivity index (χ1v) is 14.7. The molecular formula is C33H43N5O3. The van der Waals surface area contributed by atoms with Gasteiger partial charge in [-0.2, -0.15) is 0 Å². The average molecular weight is 558 g/mol. The van der Waals surface area contributed by atoms with Crippen molar-refractivity contribution in [2.45, 2.75) is 47.2 Å². The largest absolute Gasteiger partial charge is 0.493 e. The molecule has 0 radical (unpaired) electrons. The number of furan rings is 1. The number of aryl methyl sites for hydroxylation is 1. The molecule has 0 fully saturated rings. The zero-order chi connectivity index (χ0) is 29.0. The summed E-state index contributed by atoms with van der Waals surface area (Å²) in [6.45, 7) is 15.6. The summed E-state index contributed by atoms with van der Waals surface area (Å²) in [5.74, 6) is 0.904. The molecule has 0 bridgehead atoms. The Bertz CT molecular complexity index is 1520. The molecule has 3 aromatic heterocycles. The Morgan fingerprint density at radius 1 is 1.10 bits per heavy atom. The van der Waals surface area contributed by atoms with Crippen LogP contribution in [-0.2, 0) is 13.1 Å². The van der Waals surface area contributed by atoms with Gasteiger partial charge in [-0.15, -0.1) is 0 Å². The van der Waals surface area contributed by atoms with Gasteiger partial charge in [-0.3, -0.25) is 14.7 Å². The van der Waals surface area contributed by atoms with E-state index in [1.54, 1.807) is 16.9 Å². The number of rotatable bonds is 11. The first kappa shape index (κ1) is 28.7. The maximum absolute atomic E-state index is 12.9. The van der Waals surface area contributed by atoms with Crippen molar-refractivity contribution >= 4 is 22.3 Å². The lowest BCUT2D eigenvalue weighted by atomic mass is 9.92. The lowest BCUT2D eigenvalue weighted by Gasteiger charge is -2.30. The molecule has 4 aromatic rings. The van der Waals surface area contributed by atoms with Crippen molar-refractivity contribution in [1.82, 2.24) is 14.5 Å². The van der Waals surface area contributed by atoms with E-state index < -0.39 is 0 Å². The maximum atomic E-state index is 12.9. The first-order valence-electron chi connectivity index (χ1n) is 14.7. The molecule has 1 aromatic carbocycles. The average Bonchev–Trinajstić information content (AvgIpc) is 3.41. The van der Waals surface area contributed by atoms with Crippen LogP contribution in [0.2, 0.25) is 0 Å². The molecule has 0 spiro atoms. The number of fused-ring (bicyclic) bond motifs is 2. The zero-order valence-corrected chi connectivity index (χ0v) is 25.1. The van der Waals surface area contributed by atoms with Gasteiger partial charge >= 0.3 is 0 Å². The second-order valence-electron chi connectivity index (χ2n) is 12.0. The fourth-order valence-electron chi connectivity index (χ4n) is 5.91. The Balaban J connectivity index is 1.23. The highest BCUT2D eigenvalue weighted by Crippen LogP contribution is 2.38. The summed E-state index contributed by atoms with van der Waals surface area (Å²) in [5, 5.41) is 0.618. The Labute approximate surface area is 243 Å². The Kier molecular flexibility index (Phi) is 8.68. The van der Waals surface area contributed by atoms with Crippen LogP contribution >= 0.6 is 0 Å². The molecule has 0 aliphatic carbocycles. The van der Waals surface area contributed by atoms with Gasteiger partial charge in [-0.05, 0) is 67.1 Å². The van der Waals surface area contributed by atoms with Crippen LogP contribution in [0.1, 0.15) is 38.3 Å². The van der Waals surface area contributed by atoms with E-state index >= 15 is 0 Å². The predicted octanol–water partition coefficient (Wildman–Crippen LogP) is 5.57. The number of ether oxygens (including phenoxy) is 1. The molecule has 4 heterocycles. The summed E-state index contributed by atoms with van der Waals surface area (Å²) in [6, 6.07) is 12.1. The topological polar surface area (TPSA) is 67.0 Å². The molecular weight excluding hydrogens is 514 g/mol. The zero-order valence-electron chi connectivity index (χ0n) is 25.1. The molecule has 0 saturated carbocycles. The first-order chi connectivity index (χ1) is 19.7. The van der Waals surface area contributed by atoms with Gasteiger partial charge in [0.2, 0.25) is 0 Å². The fraction of sp³-hybridized carbons (Fsp3) is 0.455. The lowest BCUT2D eigenvalue weighted by Crippen LogP contribution is -2.37. The molecule has 218 valence electrons. The molecule has 0 N–H and O–H groups in total. The Hall–Kier alpha value is -3.78. The van der Waals surface area contributed by atoms with Gasteiger partial charge in [0.05, 0.1) is 29.6 Å². The quantitative estimate of drug-likeness (QED) is 0.223. The van der Waals surface area contributed by atoms with Crippen molar-refractivity contribution < 1.29 is 9.15 Å². The summed E-state index contributed by atoms with van der Waals surface area (Å²) >= 11 is 0. The molecule has 8 nitrogen and oxygen atoms in total. The molecule has 8 heteroatoms. The van der Waals surface area contributed by atoms with Crippen molar-refractivity contribution in [1.29, 1.82) is 0 Å². The molecule has 5 rings (SSSR count). The van der Waals surface area contributed by atoms with Crippen LogP contribution in [0.25, 0.3) is 11.0 Å². The Morgan fingerprint density at radius 2 is 1.95 bits per heavy atom. The SMILES string of the molecule is CCN1CC(C)(C)CN(C)c2cc(OCCCN(CCn3ccc4occc4c3=O)Cc3cnccc3C)ccc21. The monoisotopic (exact) mass is 557 g/mol. The van der Waals surface area contributed by atoms with Crippen LogP contribution in [-0.4, -0.2) is 60.8 Å². The number of benzene rings is 1. The van der Waals surface area contributed by atoms with Crippen LogP contribution < -0.4 is 20.1 Å². The minimum atomic E-state index is -0.0182. The van der Waals surface area contributed by atoms with E-state index in [0.29, 0.717) is 24.1 Å². The third-order valence-corrected chi connectivity index (χ3v) is 8.04. The van der Waals surface area contributed by atoms with Crippen LogP contribution in [0.5, 0.6) is 5.75 Å². The van der Waals surface area contributed by atoms with Gasteiger partial charge in [0, 0.05) is 77.5 Å². The van der Waals surface area contributed by atoms with E-state index in [0.717, 1.165) is 51.4 Å². The minimum absolute atomic E-state index is 0.0182. The van der Waals surface area contributed by atoms with E-state index in [-0.39, 0.29) is 11.0 Å². The summed E-state index contributed by atoms with van der Waals surface area (Å²) in [4.78, 5) is 24.4. The van der Waals surface area contributed by atoms with Crippen LogP contribution in [0.15, 0.2) is 70.5 Å². The van der Waals surface area contributed by atoms with Gasteiger partial charge < -0.3 is 23.5 Å². The molecule has 41 heavy (non-hydrogen) atoms. The molecule has 0 amide bonds. The standard InChI is InChI=1S/C33H43N5O3/c1-6-37-24-33(3,4)23-35(5)30-20-27(8-9-29(30)37)40-18-7-14-36(22-26-21-34-13-10-25(26)2)16-17-38-15-11-31-28(32(38)39)12-19-41-31/h8-13,15,19-21H,6-7,14,16-18,22-24H2,1-5H3.